The summed E-state index contributed by atoms with van der Waals surface area (Å²) in [4.78, 5) is 16.1. The zero-order valence-electron chi connectivity index (χ0n) is 10.5. The van der Waals surface area contributed by atoms with Crippen LogP contribution in [0.25, 0.3) is 17.0 Å². The summed E-state index contributed by atoms with van der Waals surface area (Å²) in [7, 11) is 0. The zero-order chi connectivity index (χ0) is 13.0. The number of nitrogens with zero attached hydrogens (tertiary/aromatic N) is 1. The smallest absolute Gasteiger partial charge is 0.397 e. The van der Waals surface area contributed by atoms with Crippen LogP contribution >= 0.6 is 0 Å². The molecule has 2 aromatic rings. The van der Waals surface area contributed by atoms with Gasteiger partial charge in [-0.2, -0.15) is 4.98 Å². The van der Waals surface area contributed by atoms with Gasteiger partial charge in [-0.05, 0) is 25.0 Å². The minimum Gasteiger partial charge on any atom is -0.450 e. The van der Waals surface area contributed by atoms with E-state index in [1.807, 2.05) is 38.1 Å². The quantitative estimate of drug-likeness (QED) is 0.830. The Kier molecular flexibility index (Phi) is 3.77. The van der Waals surface area contributed by atoms with Crippen molar-refractivity contribution in [1.82, 2.24) is 4.98 Å². The van der Waals surface area contributed by atoms with Crippen molar-refractivity contribution in [3.8, 4) is 6.08 Å². The van der Waals surface area contributed by atoms with E-state index in [0.717, 1.165) is 12.0 Å². The molecule has 1 aromatic carbocycles. The first-order valence-corrected chi connectivity index (χ1v) is 5.99. The molecule has 18 heavy (non-hydrogen) atoms. The lowest BCUT2D eigenvalue weighted by atomic mass is 10.1. The standard InChI is InChI=1S/C14H15NO3/c1-3-5-7-10-8-6-9-11-12(10)13(16)18-14(15-11)17-4-2/h5-9H,3-4H2,1-2H3. The van der Waals surface area contributed by atoms with E-state index in [2.05, 4.69) is 4.98 Å². The fourth-order valence-electron chi connectivity index (χ4n) is 1.69. The van der Waals surface area contributed by atoms with Gasteiger partial charge in [-0.15, -0.1) is 0 Å². The number of fused-ring (bicyclic) bond motifs is 1. The Morgan fingerprint density at radius 3 is 2.94 bits per heavy atom. The summed E-state index contributed by atoms with van der Waals surface area (Å²) in [5.74, 6) is 0. The number of benzene rings is 1. The van der Waals surface area contributed by atoms with Gasteiger partial charge in [-0.1, -0.05) is 31.2 Å². The molecule has 1 heterocycles. The number of allylic oxidation sites excluding steroid dienone is 1. The second-order valence-electron chi connectivity index (χ2n) is 3.75. The second-order valence-corrected chi connectivity index (χ2v) is 3.75. The van der Waals surface area contributed by atoms with Crippen molar-refractivity contribution in [2.75, 3.05) is 6.61 Å². The Morgan fingerprint density at radius 2 is 2.22 bits per heavy atom. The number of hydrogen-bond donors (Lipinski definition) is 0. The van der Waals surface area contributed by atoms with Crippen LogP contribution in [0.3, 0.4) is 0 Å². The fraction of sp³-hybridized carbons (Fsp3) is 0.286. The maximum atomic E-state index is 11.9. The first kappa shape index (κ1) is 12.4. The molecule has 0 spiro atoms. The molecule has 94 valence electrons. The molecule has 0 radical (unpaired) electrons. The van der Waals surface area contributed by atoms with Crippen LogP contribution < -0.4 is 10.4 Å². The van der Waals surface area contributed by atoms with Crippen LogP contribution in [0, 0.1) is 0 Å². The summed E-state index contributed by atoms with van der Waals surface area (Å²) < 4.78 is 10.1. The van der Waals surface area contributed by atoms with Gasteiger partial charge >= 0.3 is 11.7 Å². The fourth-order valence-corrected chi connectivity index (χ4v) is 1.69. The van der Waals surface area contributed by atoms with E-state index in [-0.39, 0.29) is 6.08 Å². The highest BCUT2D eigenvalue weighted by molar-refractivity contribution is 5.86. The molecule has 1 aromatic heterocycles. The molecule has 2 rings (SSSR count). The molecule has 0 amide bonds. The normalized spacial score (nSPS) is 11.2. The lowest BCUT2D eigenvalue weighted by Gasteiger charge is -2.03. The van der Waals surface area contributed by atoms with Crippen LogP contribution in [0.1, 0.15) is 25.8 Å². The van der Waals surface area contributed by atoms with E-state index in [4.69, 9.17) is 9.15 Å². The lowest BCUT2D eigenvalue weighted by molar-refractivity contribution is 0.229. The van der Waals surface area contributed by atoms with Crippen molar-refractivity contribution in [3.05, 3.63) is 40.3 Å². The van der Waals surface area contributed by atoms with Gasteiger partial charge in [0.05, 0.1) is 17.5 Å². The third-order valence-electron chi connectivity index (χ3n) is 2.47. The summed E-state index contributed by atoms with van der Waals surface area (Å²) in [6.45, 7) is 4.26. The van der Waals surface area contributed by atoms with Crippen molar-refractivity contribution >= 4 is 17.0 Å². The first-order chi connectivity index (χ1) is 8.76. The Bertz CT molecular complexity index is 628. The molecule has 0 aliphatic rings. The highest BCUT2D eigenvalue weighted by atomic mass is 16.6. The van der Waals surface area contributed by atoms with E-state index in [9.17, 15) is 4.79 Å². The number of ether oxygens (including phenoxy) is 1. The summed E-state index contributed by atoms with van der Waals surface area (Å²) in [6, 6.07) is 5.51. The van der Waals surface area contributed by atoms with E-state index in [1.54, 1.807) is 6.07 Å². The molecule has 0 saturated carbocycles. The van der Waals surface area contributed by atoms with Gasteiger partial charge in [0.15, 0.2) is 0 Å². The van der Waals surface area contributed by atoms with E-state index < -0.39 is 5.63 Å². The van der Waals surface area contributed by atoms with Crippen molar-refractivity contribution in [3.63, 3.8) is 0 Å². The summed E-state index contributed by atoms with van der Waals surface area (Å²) in [6.07, 6.45) is 4.82. The van der Waals surface area contributed by atoms with Gasteiger partial charge in [0.25, 0.3) is 0 Å². The van der Waals surface area contributed by atoms with Crippen LogP contribution in [0.5, 0.6) is 6.08 Å². The number of hydrogen-bond acceptors (Lipinski definition) is 4. The van der Waals surface area contributed by atoms with E-state index in [0.29, 0.717) is 17.5 Å². The maximum Gasteiger partial charge on any atom is 0.397 e. The minimum atomic E-state index is -0.417. The predicted molar refractivity (Wildman–Crippen MR) is 70.8 cm³/mol. The zero-order valence-corrected chi connectivity index (χ0v) is 10.5. The average molecular weight is 245 g/mol. The highest BCUT2D eigenvalue weighted by Gasteiger charge is 2.09. The molecule has 0 saturated heterocycles. The van der Waals surface area contributed by atoms with E-state index >= 15 is 0 Å². The third-order valence-corrected chi connectivity index (χ3v) is 2.47. The Balaban J connectivity index is 2.63. The minimum absolute atomic E-state index is 0.0200. The molecule has 4 heteroatoms. The average Bonchev–Trinajstić information content (AvgIpc) is 2.36. The van der Waals surface area contributed by atoms with Crippen LogP contribution in [-0.4, -0.2) is 11.6 Å². The molecular weight excluding hydrogens is 230 g/mol. The van der Waals surface area contributed by atoms with Gasteiger partial charge in [-0.3, -0.25) is 0 Å². The van der Waals surface area contributed by atoms with Gasteiger partial charge in [-0.25, -0.2) is 4.79 Å². The maximum absolute atomic E-state index is 11.9. The lowest BCUT2D eigenvalue weighted by Crippen LogP contribution is -2.06. The second kappa shape index (κ2) is 5.49. The molecule has 0 aliphatic heterocycles. The molecular formula is C14H15NO3. The molecule has 0 aliphatic carbocycles. The molecule has 0 atom stereocenters. The SMILES string of the molecule is CCC=Cc1cccc2nc(OCC)oc(=O)c12. The number of rotatable bonds is 4. The van der Waals surface area contributed by atoms with Crippen LogP contribution in [-0.2, 0) is 0 Å². The van der Waals surface area contributed by atoms with Gasteiger partial charge in [0.1, 0.15) is 0 Å². The summed E-state index contributed by atoms with van der Waals surface area (Å²) >= 11 is 0. The molecule has 0 bridgehead atoms. The van der Waals surface area contributed by atoms with Gasteiger partial charge in [0.2, 0.25) is 0 Å². The molecule has 4 nitrogen and oxygen atoms in total. The molecule has 0 fully saturated rings. The Labute approximate surface area is 105 Å². The third kappa shape index (κ3) is 2.42. The van der Waals surface area contributed by atoms with Crippen molar-refractivity contribution in [2.45, 2.75) is 20.3 Å². The van der Waals surface area contributed by atoms with Crippen LogP contribution in [0.4, 0.5) is 0 Å². The van der Waals surface area contributed by atoms with Crippen molar-refractivity contribution in [2.24, 2.45) is 0 Å². The molecule has 0 N–H and O–H groups in total. The highest BCUT2D eigenvalue weighted by Crippen LogP contribution is 2.17. The van der Waals surface area contributed by atoms with Crippen molar-refractivity contribution < 1.29 is 9.15 Å². The van der Waals surface area contributed by atoms with Gasteiger partial charge < -0.3 is 9.15 Å². The Morgan fingerprint density at radius 1 is 1.39 bits per heavy atom. The van der Waals surface area contributed by atoms with Crippen molar-refractivity contribution in [1.29, 1.82) is 0 Å². The Hall–Kier alpha value is -2.10. The summed E-state index contributed by atoms with van der Waals surface area (Å²) in [5, 5.41) is 0.491. The van der Waals surface area contributed by atoms with Crippen LogP contribution in [0.2, 0.25) is 0 Å². The summed E-state index contributed by atoms with van der Waals surface area (Å²) in [5.41, 5.74) is 0.992. The predicted octanol–water partition coefficient (Wildman–Crippen LogP) is 3.01. The largest absolute Gasteiger partial charge is 0.450 e. The topological polar surface area (TPSA) is 52.3 Å². The van der Waals surface area contributed by atoms with E-state index in [1.165, 1.54) is 0 Å². The van der Waals surface area contributed by atoms with Crippen LogP contribution in [0.15, 0.2) is 33.5 Å². The first-order valence-electron chi connectivity index (χ1n) is 5.99. The molecule has 0 unspecified atom stereocenters. The monoisotopic (exact) mass is 245 g/mol. The van der Waals surface area contributed by atoms with Gasteiger partial charge in [0, 0.05) is 0 Å². The number of aromatic nitrogens is 1.